The number of aromatic nitrogens is 1. The molecule has 4 rings (SSSR count). The van der Waals surface area contributed by atoms with Crippen LogP contribution in [0, 0.1) is 5.92 Å². The number of sulfonamides is 1. The molecule has 1 aliphatic rings. The number of ether oxygens (including phenoxy) is 1. The highest BCUT2D eigenvalue weighted by Gasteiger charge is 2.26. The van der Waals surface area contributed by atoms with Crippen molar-refractivity contribution >= 4 is 44.1 Å². The zero-order chi connectivity index (χ0) is 25.5. The van der Waals surface area contributed by atoms with E-state index in [4.69, 9.17) is 16.3 Å². The number of esters is 1. The van der Waals surface area contributed by atoms with Crippen molar-refractivity contribution in [1.29, 1.82) is 0 Å². The van der Waals surface area contributed by atoms with Crippen LogP contribution in [0.5, 0.6) is 0 Å². The van der Waals surface area contributed by atoms with Gasteiger partial charge in [-0.1, -0.05) is 23.7 Å². The molecular weight excluding hydrogens is 500 g/mol. The molecule has 10 heteroatoms. The molecule has 2 heterocycles. The molecule has 0 saturated carbocycles. The summed E-state index contributed by atoms with van der Waals surface area (Å²) in [7, 11) is -3.83. The van der Waals surface area contributed by atoms with Crippen molar-refractivity contribution in [1.82, 2.24) is 15.0 Å². The summed E-state index contributed by atoms with van der Waals surface area (Å²) in [4.78, 5) is 19.1. The third-order valence-electron chi connectivity index (χ3n) is 6.43. The fourth-order valence-corrected chi connectivity index (χ4v) is 5.64. The largest absolute Gasteiger partial charge is 0.465 e. The van der Waals surface area contributed by atoms with Gasteiger partial charge in [-0.3, -0.25) is 9.78 Å². The molecule has 1 aromatic heterocycles. The minimum Gasteiger partial charge on any atom is -0.465 e. The Morgan fingerprint density at radius 2 is 1.81 bits per heavy atom. The highest BCUT2D eigenvalue weighted by molar-refractivity contribution is 7.89. The van der Waals surface area contributed by atoms with E-state index < -0.39 is 22.0 Å². The van der Waals surface area contributed by atoms with Crippen molar-refractivity contribution < 1.29 is 17.9 Å². The number of hydrogen-bond acceptors (Lipinski definition) is 7. The van der Waals surface area contributed by atoms with Crippen molar-refractivity contribution in [2.24, 2.45) is 5.92 Å². The fraction of sp³-hybridized carbons (Fsp3) is 0.385. The van der Waals surface area contributed by atoms with Crippen molar-refractivity contribution in [2.75, 3.05) is 37.7 Å². The minimum atomic E-state index is -3.83. The van der Waals surface area contributed by atoms with Gasteiger partial charge in [-0.25, -0.2) is 13.1 Å². The molecule has 1 saturated heterocycles. The predicted octanol–water partition coefficient (Wildman–Crippen LogP) is 3.60. The van der Waals surface area contributed by atoms with Gasteiger partial charge in [0, 0.05) is 42.7 Å². The standard InChI is InChI=1S/C26H31ClN4O4S/c1-2-35-26(32)25(29-17-19-9-13-31(14-10-19)23-7-11-28-12-8-23)18-30-36(33,34)24-6-4-20-15-22(27)5-3-21(20)16-24/h3-8,11-12,15-16,19,25,29-30H,2,9-10,13-14,17-18H2,1H3/t25-/m1/s1. The molecule has 1 atom stereocenters. The number of nitrogens with zero attached hydrogens (tertiary/aromatic N) is 2. The SMILES string of the molecule is CCOC(=O)[C@@H](CNS(=O)(=O)c1ccc2cc(Cl)ccc2c1)NCC1CCN(c2ccncc2)CC1. The number of halogens is 1. The highest BCUT2D eigenvalue weighted by Crippen LogP contribution is 2.23. The number of fused-ring (bicyclic) bond motifs is 1. The summed E-state index contributed by atoms with van der Waals surface area (Å²) < 4.78 is 33.7. The van der Waals surface area contributed by atoms with Crippen LogP contribution in [-0.4, -0.2) is 58.2 Å². The summed E-state index contributed by atoms with van der Waals surface area (Å²) in [5, 5.41) is 5.44. The van der Waals surface area contributed by atoms with Crippen LogP contribution in [0.4, 0.5) is 5.69 Å². The lowest BCUT2D eigenvalue weighted by molar-refractivity contribution is -0.145. The minimum absolute atomic E-state index is 0.102. The Kier molecular flexibility index (Phi) is 8.79. The van der Waals surface area contributed by atoms with Crippen LogP contribution in [0.15, 0.2) is 65.8 Å². The molecule has 0 unspecified atom stereocenters. The van der Waals surface area contributed by atoms with E-state index in [9.17, 15) is 13.2 Å². The van der Waals surface area contributed by atoms with E-state index in [1.165, 1.54) is 6.07 Å². The van der Waals surface area contributed by atoms with Crippen LogP contribution < -0.4 is 14.9 Å². The van der Waals surface area contributed by atoms with Gasteiger partial charge in [0.2, 0.25) is 10.0 Å². The second kappa shape index (κ2) is 12.0. The lowest BCUT2D eigenvalue weighted by Crippen LogP contribution is -2.49. The maximum absolute atomic E-state index is 13.0. The Morgan fingerprint density at radius 1 is 1.11 bits per heavy atom. The summed E-state index contributed by atoms with van der Waals surface area (Å²) in [5.41, 5.74) is 1.16. The second-order valence-corrected chi connectivity index (χ2v) is 11.1. The van der Waals surface area contributed by atoms with E-state index >= 15 is 0 Å². The molecule has 2 N–H and O–H groups in total. The van der Waals surface area contributed by atoms with Gasteiger partial charge in [0.25, 0.3) is 0 Å². The van der Waals surface area contributed by atoms with Crippen molar-refractivity contribution in [3.63, 3.8) is 0 Å². The van der Waals surface area contributed by atoms with Gasteiger partial charge < -0.3 is 15.0 Å². The number of carbonyl (C=O) groups excluding carboxylic acids is 1. The quantitative estimate of drug-likeness (QED) is 0.386. The molecule has 2 aromatic carbocycles. The predicted molar refractivity (Wildman–Crippen MR) is 142 cm³/mol. The highest BCUT2D eigenvalue weighted by atomic mass is 35.5. The maximum Gasteiger partial charge on any atom is 0.324 e. The Hall–Kier alpha value is -2.72. The number of rotatable bonds is 10. The fourth-order valence-electron chi connectivity index (χ4n) is 4.38. The number of piperidine rings is 1. The number of anilines is 1. The summed E-state index contributed by atoms with van der Waals surface area (Å²) in [6.07, 6.45) is 5.53. The monoisotopic (exact) mass is 530 g/mol. The van der Waals surface area contributed by atoms with E-state index in [0.717, 1.165) is 42.4 Å². The zero-order valence-corrected chi connectivity index (χ0v) is 21.8. The topological polar surface area (TPSA) is 101 Å². The summed E-state index contributed by atoms with van der Waals surface area (Å²) in [6.45, 7) is 4.29. The first-order valence-electron chi connectivity index (χ1n) is 12.1. The summed E-state index contributed by atoms with van der Waals surface area (Å²) in [5.74, 6) is -0.0912. The molecule has 0 aliphatic carbocycles. The van der Waals surface area contributed by atoms with Gasteiger partial charge in [0.05, 0.1) is 11.5 Å². The van der Waals surface area contributed by atoms with Crippen LogP contribution in [0.2, 0.25) is 5.02 Å². The Labute approximate surface area is 217 Å². The molecule has 0 radical (unpaired) electrons. The Bertz CT molecular complexity index is 1280. The average Bonchev–Trinajstić information content (AvgIpc) is 2.89. The van der Waals surface area contributed by atoms with Gasteiger partial charge in [-0.05, 0) is 79.4 Å². The van der Waals surface area contributed by atoms with Crippen LogP contribution >= 0.6 is 11.6 Å². The first-order chi connectivity index (χ1) is 17.4. The van der Waals surface area contributed by atoms with E-state index in [-0.39, 0.29) is 18.0 Å². The summed E-state index contributed by atoms with van der Waals surface area (Å²) >= 11 is 6.02. The molecule has 0 spiro atoms. The number of carbonyl (C=O) groups is 1. The van der Waals surface area contributed by atoms with E-state index in [0.29, 0.717) is 17.5 Å². The third-order valence-corrected chi connectivity index (χ3v) is 8.08. The molecule has 192 valence electrons. The van der Waals surface area contributed by atoms with Gasteiger partial charge >= 0.3 is 5.97 Å². The van der Waals surface area contributed by atoms with Crippen LogP contribution in [-0.2, 0) is 19.6 Å². The molecule has 1 fully saturated rings. The van der Waals surface area contributed by atoms with Crippen molar-refractivity contribution in [3.05, 3.63) is 65.9 Å². The van der Waals surface area contributed by atoms with E-state index in [1.807, 2.05) is 12.1 Å². The molecule has 0 bridgehead atoms. The maximum atomic E-state index is 13.0. The smallest absolute Gasteiger partial charge is 0.324 e. The first kappa shape index (κ1) is 26.3. The number of nitrogens with one attached hydrogen (secondary N) is 2. The van der Waals surface area contributed by atoms with E-state index in [1.54, 1.807) is 49.6 Å². The molecular formula is C26H31ClN4O4S. The number of benzene rings is 2. The van der Waals surface area contributed by atoms with Crippen LogP contribution in [0.3, 0.4) is 0 Å². The molecule has 36 heavy (non-hydrogen) atoms. The van der Waals surface area contributed by atoms with E-state index in [2.05, 4.69) is 19.9 Å². The zero-order valence-electron chi connectivity index (χ0n) is 20.2. The van der Waals surface area contributed by atoms with Gasteiger partial charge in [-0.2, -0.15) is 0 Å². The number of hydrogen-bond donors (Lipinski definition) is 2. The third kappa shape index (κ3) is 6.73. The van der Waals surface area contributed by atoms with Gasteiger partial charge in [0.1, 0.15) is 6.04 Å². The van der Waals surface area contributed by atoms with Crippen molar-refractivity contribution in [2.45, 2.75) is 30.7 Å². The molecule has 0 amide bonds. The van der Waals surface area contributed by atoms with Gasteiger partial charge in [0.15, 0.2) is 0 Å². The van der Waals surface area contributed by atoms with Gasteiger partial charge in [-0.15, -0.1) is 0 Å². The normalized spacial score (nSPS) is 15.7. The molecule has 1 aliphatic heterocycles. The first-order valence-corrected chi connectivity index (χ1v) is 14.0. The summed E-state index contributed by atoms with van der Waals surface area (Å²) in [6, 6.07) is 13.4. The lowest BCUT2D eigenvalue weighted by atomic mass is 9.96. The molecule has 8 nitrogen and oxygen atoms in total. The lowest BCUT2D eigenvalue weighted by Gasteiger charge is -2.34. The van der Waals surface area contributed by atoms with Crippen molar-refractivity contribution in [3.8, 4) is 0 Å². The van der Waals surface area contributed by atoms with Crippen LogP contribution in [0.25, 0.3) is 10.8 Å². The molecule has 3 aromatic rings. The average molecular weight is 531 g/mol. The van der Waals surface area contributed by atoms with Crippen LogP contribution in [0.1, 0.15) is 19.8 Å². The number of pyridine rings is 1. The Balaban J connectivity index is 1.35. The second-order valence-electron chi connectivity index (χ2n) is 8.85. The Morgan fingerprint density at radius 3 is 2.53 bits per heavy atom.